The zero-order valence-electron chi connectivity index (χ0n) is 11.6. The molecule has 2 nitrogen and oxygen atoms in total. The Morgan fingerprint density at radius 2 is 1.76 bits per heavy atom. The summed E-state index contributed by atoms with van der Waals surface area (Å²) >= 11 is 0. The van der Waals surface area contributed by atoms with E-state index in [0.717, 1.165) is 12.1 Å². The molecule has 2 heteroatoms. The average molecular weight is 238 g/mol. The van der Waals surface area contributed by atoms with E-state index >= 15 is 0 Å². The molecule has 0 spiro atoms. The van der Waals surface area contributed by atoms with Gasteiger partial charge in [-0.25, -0.2) is 0 Å². The van der Waals surface area contributed by atoms with Crippen LogP contribution in [0.1, 0.15) is 64.7 Å². The smallest absolute Gasteiger partial charge is 0.0110 e. The van der Waals surface area contributed by atoms with Gasteiger partial charge in [-0.3, -0.25) is 4.90 Å². The van der Waals surface area contributed by atoms with Crippen LogP contribution in [0.25, 0.3) is 0 Å². The molecule has 1 N–H and O–H groups in total. The molecule has 1 unspecified atom stereocenters. The molecule has 1 aliphatic carbocycles. The number of rotatable bonds is 5. The fourth-order valence-electron chi connectivity index (χ4n) is 3.54. The van der Waals surface area contributed by atoms with Crippen LogP contribution in [0.3, 0.4) is 0 Å². The van der Waals surface area contributed by atoms with Crippen molar-refractivity contribution in [1.29, 1.82) is 0 Å². The van der Waals surface area contributed by atoms with Crippen LogP contribution in [0, 0.1) is 0 Å². The predicted molar refractivity (Wildman–Crippen MR) is 74.4 cm³/mol. The summed E-state index contributed by atoms with van der Waals surface area (Å²) in [6, 6.07) is 1.70. The zero-order chi connectivity index (χ0) is 11.9. The van der Waals surface area contributed by atoms with E-state index < -0.39 is 0 Å². The first-order valence-corrected chi connectivity index (χ1v) is 7.87. The normalized spacial score (nSPS) is 28.4. The third-order valence-corrected chi connectivity index (χ3v) is 4.66. The summed E-state index contributed by atoms with van der Waals surface area (Å²) in [6.07, 6.45) is 12.8. The fourth-order valence-corrected chi connectivity index (χ4v) is 3.54. The first kappa shape index (κ1) is 13.4. The highest BCUT2D eigenvalue weighted by Gasteiger charge is 2.20. The number of nitrogens with one attached hydrogen (secondary N) is 1. The van der Waals surface area contributed by atoms with E-state index in [2.05, 4.69) is 17.1 Å². The third-order valence-electron chi connectivity index (χ3n) is 4.66. The lowest BCUT2D eigenvalue weighted by Crippen LogP contribution is -2.44. The van der Waals surface area contributed by atoms with Crippen molar-refractivity contribution in [3.8, 4) is 0 Å². The molecule has 1 aliphatic heterocycles. The largest absolute Gasteiger partial charge is 0.313 e. The van der Waals surface area contributed by atoms with Gasteiger partial charge in [-0.2, -0.15) is 0 Å². The molecule has 2 fully saturated rings. The Kier molecular flexibility index (Phi) is 5.79. The SMILES string of the molecule is CCC1CCCCN1CCNC1CCCCC1. The average Bonchev–Trinajstić information content (AvgIpc) is 2.40. The molecule has 100 valence electrons. The van der Waals surface area contributed by atoms with Gasteiger partial charge in [-0.1, -0.05) is 32.6 Å². The molecule has 1 saturated heterocycles. The van der Waals surface area contributed by atoms with Gasteiger partial charge < -0.3 is 5.32 Å². The molecule has 2 aliphatic rings. The van der Waals surface area contributed by atoms with Crippen LogP contribution in [0.2, 0.25) is 0 Å². The van der Waals surface area contributed by atoms with Crippen LogP contribution in [-0.4, -0.2) is 36.6 Å². The Morgan fingerprint density at radius 1 is 1.00 bits per heavy atom. The second kappa shape index (κ2) is 7.38. The quantitative estimate of drug-likeness (QED) is 0.791. The molecular weight excluding hydrogens is 208 g/mol. The summed E-state index contributed by atoms with van der Waals surface area (Å²) in [5, 5.41) is 3.77. The van der Waals surface area contributed by atoms with Crippen LogP contribution < -0.4 is 5.32 Å². The topological polar surface area (TPSA) is 15.3 Å². The third kappa shape index (κ3) is 4.26. The minimum absolute atomic E-state index is 0.827. The van der Waals surface area contributed by atoms with E-state index in [1.165, 1.54) is 77.4 Å². The van der Waals surface area contributed by atoms with Gasteiger partial charge in [-0.15, -0.1) is 0 Å². The lowest BCUT2D eigenvalue weighted by molar-refractivity contribution is 0.142. The maximum absolute atomic E-state index is 3.77. The van der Waals surface area contributed by atoms with Crippen molar-refractivity contribution in [3.63, 3.8) is 0 Å². The summed E-state index contributed by atoms with van der Waals surface area (Å²) in [4.78, 5) is 2.72. The van der Waals surface area contributed by atoms with Crippen molar-refractivity contribution in [2.75, 3.05) is 19.6 Å². The molecule has 0 bridgehead atoms. The molecule has 2 rings (SSSR count). The highest BCUT2D eigenvalue weighted by molar-refractivity contribution is 4.78. The highest BCUT2D eigenvalue weighted by Crippen LogP contribution is 2.19. The van der Waals surface area contributed by atoms with Crippen molar-refractivity contribution in [2.45, 2.75) is 76.8 Å². The van der Waals surface area contributed by atoms with E-state index in [9.17, 15) is 0 Å². The van der Waals surface area contributed by atoms with Crippen molar-refractivity contribution in [2.24, 2.45) is 0 Å². The maximum atomic E-state index is 3.77. The zero-order valence-corrected chi connectivity index (χ0v) is 11.6. The van der Waals surface area contributed by atoms with E-state index in [-0.39, 0.29) is 0 Å². The van der Waals surface area contributed by atoms with Gasteiger partial charge in [0.15, 0.2) is 0 Å². The molecule has 0 amide bonds. The molecule has 0 radical (unpaired) electrons. The monoisotopic (exact) mass is 238 g/mol. The Labute approximate surface area is 107 Å². The van der Waals surface area contributed by atoms with Crippen molar-refractivity contribution < 1.29 is 0 Å². The molecule has 0 aromatic carbocycles. The predicted octanol–water partition coefficient (Wildman–Crippen LogP) is 3.17. The minimum Gasteiger partial charge on any atom is -0.313 e. The van der Waals surface area contributed by atoms with Crippen molar-refractivity contribution in [3.05, 3.63) is 0 Å². The van der Waals surface area contributed by atoms with Gasteiger partial charge >= 0.3 is 0 Å². The molecular formula is C15H30N2. The molecule has 1 heterocycles. The van der Waals surface area contributed by atoms with Gasteiger partial charge in [0.05, 0.1) is 0 Å². The second-order valence-electron chi connectivity index (χ2n) is 5.88. The van der Waals surface area contributed by atoms with Gasteiger partial charge in [0, 0.05) is 25.2 Å². The molecule has 0 aromatic rings. The molecule has 0 aromatic heterocycles. The van der Waals surface area contributed by atoms with E-state index in [4.69, 9.17) is 0 Å². The van der Waals surface area contributed by atoms with E-state index in [1.807, 2.05) is 0 Å². The van der Waals surface area contributed by atoms with Crippen LogP contribution in [0.15, 0.2) is 0 Å². The van der Waals surface area contributed by atoms with Crippen molar-refractivity contribution in [1.82, 2.24) is 10.2 Å². The first-order chi connectivity index (χ1) is 8.40. The summed E-state index contributed by atoms with van der Waals surface area (Å²) in [5.41, 5.74) is 0. The lowest BCUT2D eigenvalue weighted by atomic mass is 9.95. The van der Waals surface area contributed by atoms with Crippen LogP contribution in [0.4, 0.5) is 0 Å². The van der Waals surface area contributed by atoms with Crippen LogP contribution >= 0.6 is 0 Å². The number of hydrogen-bond acceptors (Lipinski definition) is 2. The van der Waals surface area contributed by atoms with Crippen LogP contribution in [0.5, 0.6) is 0 Å². The summed E-state index contributed by atoms with van der Waals surface area (Å²) in [5.74, 6) is 0. The van der Waals surface area contributed by atoms with E-state index in [0.29, 0.717) is 0 Å². The van der Waals surface area contributed by atoms with Crippen LogP contribution in [-0.2, 0) is 0 Å². The number of piperidine rings is 1. The number of nitrogens with zero attached hydrogens (tertiary/aromatic N) is 1. The van der Waals surface area contributed by atoms with Gasteiger partial charge in [0.1, 0.15) is 0 Å². The lowest BCUT2D eigenvalue weighted by Gasteiger charge is -2.35. The highest BCUT2D eigenvalue weighted by atomic mass is 15.2. The molecule has 1 saturated carbocycles. The molecule has 1 atom stereocenters. The van der Waals surface area contributed by atoms with Crippen molar-refractivity contribution >= 4 is 0 Å². The Morgan fingerprint density at radius 3 is 2.53 bits per heavy atom. The number of hydrogen-bond donors (Lipinski definition) is 1. The fraction of sp³-hybridized carbons (Fsp3) is 1.00. The molecule has 17 heavy (non-hydrogen) atoms. The summed E-state index contributed by atoms with van der Waals surface area (Å²) in [7, 11) is 0. The maximum Gasteiger partial charge on any atom is 0.0110 e. The first-order valence-electron chi connectivity index (χ1n) is 7.87. The Balaban J connectivity index is 1.62. The van der Waals surface area contributed by atoms with Gasteiger partial charge in [-0.05, 0) is 38.6 Å². The summed E-state index contributed by atoms with van der Waals surface area (Å²) < 4.78 is 0. The van der Waals surface area contributed by atoms with E-state index in [1.54, 1.807) is 0 Å². The number of likely N-dealkylation sites (tertiary alicyclic amines) is 1. The Bertz CT molecular complexity index is 199. The van der Waals surface area contributed by atoms with Gasteiger partial charge in [0.2, 0.25) is 0 Å². The Hall–Kier alpha value is -0.0800. The second-order valence-corrected chi connectivity index (χ2v) is 5.88. The minimum atomic E-state index is 0.827. The summed E-state index contributed by atoms with van der Waals surface area (Å²) in [6.45, 7) is 6.17. The van der Waals surface area contributed by atoms with Gasteiger partial charge in [0.25, 0.3) is 0 Å². The standard InChI is InChI=1S/C15H30N2/c1-2-15-10-6-7-12-17(15)13-11-16-14-8-4-3-5-9-14/h14-16H,2-13H2,1H3.